The summed E-state index contributed by atoms with van der Waals surface area (Å²) in [6.45, 7) is 2.10. The number of Topliss-reactive ketones (excluding diaryl/α,β-unsaturated/α-hetero) is 1. The molecular formula is C13H14Cl2O3. The van der Waals surface area contributed by atoms with Gasteiger partial charge in [-0.25, -0.2) is 0 Å². The molecule has 1 rings (SSSR count). The average molecular weight is 289 g/mol. The second-order valence-corrected chi connectivity index (χ2v) is 4.47. The third-order valence-corrected chi connectivity index (χ3v) is 3.16. The molecule has 3 nitrogen and oxygen atoms in total. The highest BCUT2D eigenvalue weighted by molar-refractivity contribution is 6.43. The lowest BCUT2D eigenvalue weighted by atomic mass is 10.1. The monoisotopic (exact) mass is 288 g/mol. The zero-order valence-electron chi connectivity index (χ0n) is 10.0. The maximum atomic E-state index is 11.9. The van der Waals surface area contributed by atoms with E-state index in [2.05, 4.69) is 0 Å². The van der Waals surface area contributed by atoms with E-state index in [0.717, 1.165) is 0 Å². The van der Waals surface area contributed by atoms with E-state index >= 15 is 0 Å². The van der Waals surface area contributed by atoms with Crippen molar-refractivity contribution in [1.82, 2.24) is 0 Å². The minimum atomic E-state index is -0.289. The number of rotatable bonds is 6. The van der Waals surface area contributed by atoms with Crippen LogP contribution in [0.1, 0.15) is 36.5 Å². The minimum absolute atomic E-state index is 0.119. The Morgan fingerprint density at radius 1 is 1.22 bits per heavy atom. The molecule has 0 aliphatic heterocycles. The van der Waals surface area contributed by atoms with Gasteiger partial charge in [-0.2, -0.15) is 0 Å². The molecule has 0 saturated heterocycles. The molecule has 0 amide bonds. The summed E-state index contributed by atoms with van der Waals surface area (Å²) in [7, 11) is 0. The van der Waals surface area contributed by atoms with Gasteiger partial charge in [-0.15, -0.1) is 0 Å². The van der Waals surface area contributed by atoms with Gasteiger partial charge in [-0.3, -0.25) is 9.59 Å². The molecule has 0 aliphatic carbocycles. The fraction of sp³-hybridized carbons (Fsp3) is 0.385. The molecule has 98 valence electrons. The van der Waals surface area contributed by atoms with E-state index in [4.69, 9.17) is 27.9 Å². The van der Waals surface area contributed by atoms with E-state index < -0.39 is 0 Å². The standard InChI is InChI=1S/C13H14Cl2O3/c1-2-18-12(17)8-4-7-11(16)9-5-3-6-10(14)13(9)15/h3,5-6H,2,4,7-8H2,1H3. The summed E-state index contributed by atoms with van der Waals surface area (Å²) in [5.41, 5.74) is 0.396. The topological polar surface area (TPSA) is 43.4 Å². The van der Waals surface area contributed by atoms with Crippen molar-refractivity contribution in [3.63, 3.8) is 0 Å². The van der Waals surface area contributed by atoms with E-state index in [9.17, 15) is 9.59 Å². The zero-order chi connectivity index (χ0) is 13.5. The molecule has 0 aliphatic rings. The van der Waals surface area contributed by atoms with Crippen molar-refractivity contribution < 1.29 is 14.3 Å². The van der Waals surface area contributed by atoms with Crippen LogP contribution in [0.15, 0.2) is 18.2 Å². The van der Waals surface area contributed by atoms with Gasteiger partial charge in [0.15, 0.2) is 5.78 Å². The lowest BCUT2D eigenvalue weighted by Gasteiger charge is -2.05. The van der Waals surface area contributed by atoms with Gasteiger partial charge >= 0.3 is 5.97 Å². The summed E-state index contributed by atoms with van der Waals surface area (Å²) in [6.07, 6.45) is 0.928. The van der Waals surface area contributed by atoms with Crippen molar-refractivity contribution in [2.24, 2.45) is 0 Å². The van der Waals surface area contributed by atoms with Crippen LogP contribution >= 0.6 is 23.2 Å². The number of hydrogen-bond acceptors (Lipinski definition) is 3. The van der Waals surface area contributed by atoms with Gasteiger partial charge in [-0.05, 0) is 25.5 Å². The smallest absolute Gasteiger partial charge is 0.305 e. The van der Waals surface area contributed by atoms with Crippen LogP contribution in [0.25, 0.3) is 0 Å². The molecule has 0 fully saturated rings. The Labute approximate surface area is 116 Å². The molecule has 1 aromatic carbocycles. The summed E-state index contributed by atoms with van der Waals surface area (Å²) >= 11 is 11.8. The number of ether oxygens (including phenoxy) is 1. The summed E-state index contributed by atoms with van der Waals surface area (Å²) in [5, 5.41) is 0.619. The summed E-state index contributed by atoms with van der Waals surface area (Å²) in [5.74, 6) is -0.408. The maximum absolute atomic E-state index is 11.9. The van der Waals surface area contributed by atoms with Gasteiger partial charge < -0.3 is 4.74 Å². The normalized spacial score (nSPS) is 10.2. The number of esters is 1. The second-order valence-electron chi connectivity index (χ2n) is 3.68. The Morgan fingerprint density at radius 2 is 1.94 bits per heavy atom. The van der Waals surface area contributed by atoms with E-state index in [-0.39, 0.29) is 29.6 Å². The van der Waals surface area contributed by atoms with Gasteiger partial charge in [-0.1, -0.05) is 29.3 Å². The van der Waals surface area contributed by atoms with Crippen LogP contribution in [0.5, 0.6) is 0 Å². The Balaban J connectivity index is 2.51. The highest BCUT2D eigenvalue weighted by Crippen LogP contribution is 2.26. The third kappa shape index (κ3) is 4.31. The molecule has 18 heavy (non-hydrogen) atoms. The van der Waals surface area contributed by atoms with Crippen LogP contribution in [-0.2, 0) is 9.53 Å². The molecule has 1 aromatic rings. The van der Waals surface area contributed by atoms with Crippen molar-refractivity contribution in [3.05, 3.63) is 33.8 Å². The number of halogens is 2. The maximum Gasteiger partial charge on any atom is 0.305 e. The van der Waals surface area contributed by atoms with Gasteiger partial charge in [0.25, 0.3) is 0 Å². The first-order valence-electron chi connectivity index (χ1n) is 5.69. The Kier molecular flexibility index (Phi) is 6.16. The third-order valence-electron chi connectivity index (χ3n) is 2.34. The fourth-order valence-corrected chi connectivity index (χ4v) is 1.89. The van der Waals surface area contributed by atoms with Crippen molar-refractivity contribution in [1.29, 1.82) is 0 Å². The zero-order valence-corrected chi connectivity index (χ0v) is 11.6. The largest absolute Gasteiger partial charge is 0.466 e. The van der Waals surface area contributed by atoms with Crippen molar-refractivity contribution in [2.45, 2.75) is 26.2 Å². The minimum Gasteiger partial charge on any atom is -0.466 e. The lowest BCUT2D eigenvalue weighted by molar-refractivity contribution is -0.143. The average Bonchev–Trinajstić information content (AvgIpc) is 2.33. The molecule has 5 heteroatoms. The molecule has 0 N–H and O–H groups in total. The Hall–Kier alpha value is -1.06. The molecule has 0 unspecified atom stereocenters. The van der Waals surface area contributed by atoms with Crippen molar-refractivity contribution in [2.75, 3.05) is 6.61 Å². The van der Waals surface area contributed by atoms with E-state index in [1.165, 1.54) is 0 Å². The number of ketones is 1. The van der Waals surface area contributed by atoms with Gasteiger partial charge in [0.05, 0.1) is 16.7 Å². The predicted molar refractivity (Wildman–Crippen MR) is 71.3 cm³/mol. The molecule has 0 atom stereocenters. The first kappa shape index (κ1) is 15.0. The molecule has 0 saturated carbocycles. The SMILES string of the molecule is CCOC(=O)CCCC(=O)c1cccc(Cl)c1Cl. The fourth-order valence-electron chi connectivity index (χ4n) is 1.48. The number of carbonyl (C=O) groups is 2. The summed E-state index contributed by atoms with van der Waals surface area (Å²) < 4.78 is 4.77. The molecule has 0 heterocycles. The number of carbonyl (C=O) groups excluding carboxylic acids is 2. The molecular weight excluding hydrogens is 275 g/mol. The molecule has 0 bridgehead atoms. The van der Waals surface area contributed by atoms with Crippen LogP contribution in [0.3, 0.4) is 0 Å². The summed E-state index contributed by atoms with van der Waals surface area (Å²) in [4.78, 5) is 23.0. The lowest BCUT2D eigenvalue weighted by Crippen LogP contribution is -2.06. The number of hydrogen-bond donors (Lipinski definition) is 0. The van der Waals surface area contributed by atoms with E-state index in [1.54, 1.807) is 25.1 Å². The van der Waals surface area contributed by atoms with E-state index in [0.29, 0.717) is 23.6 Å². The quantitative estimate of drug-likeness (QED) is 0.589. The van der Waals surface area contributed by atoms with Crippen LogP contribution in [0.2, 0.25) is 10.0 Å². The highest BCUT2D eigenvalue weighted by Gasteiger charge is 2.13. The predicted octanol–water partition coefficient (Wildman–Crippen LogP) is 3.91. The Morgan fingerprint density at radius 3 is 2.61 bits per heavy atom. The van der Waals surface area contributed by atoms with Crippen LogP contribution in [0.4, 0.5) is 0 Å². The van der Waals surface area contributed by atoms with Gasteiger partial charge in [0, 0.05) is 18.4 Å². The highest BCUT2D eigenvalue weighted by atomic mass is 35.5. The van der Waals surface area contributed by atoms with Crippen LogP contribution in [-0.4, -0.2) is 18.4 Å². The molecule has 0 radical (unpaired) electrons. The van der Waals surface area contributed by atoms with Crippen molar-refractivity contribution in [3.8, 4) is 0 Å². The van der Waals surface area contributed by atoms with E-state index in [1.807, 2.05) is 0 Å². The van der Waals surface area contributed by atoms with Crippen LogP contribution in [0, 0.1) is 0 Å². The van der Waals surface area contributed by atoms with Crippen molar-refractivity contribution >= 4 is 35.0 Å². The van der Waals surface area contributed by atoms with Crippen LogP contribution < -0.4 is 0 Å². The van der Waals surface area contributed by atoms with Gasteiger partial charge in [0.1, 0.15) is 0 Å². The Bertz CT molecular complexity index is 444. The summed E-state index contributed by atoms with van der Waals surface area (Å²) in [6, 6.07) is 4.92. The molecule has 0 aromatic heterocycles. The second kappa shape index (κ2) is 7.39. The molecule has 0 spiro atoms. The number of benzene rings is 1. The van der Waals surface area contributed by atoms with Gasteiger partial charge in [0.2, 0.25) is 0 Å². The first-order chi connectivity index (χ1) is 8.56. The first-order valence-corrected chi connectivity index (χ1v) is 6.44.